The molecule has 0 aliphatic heterocycles. The summed E-state index contributed by atoms with van der Waals surface area (Å²) >= 11 is 0. The third-order valence-corrected chi connectivity index (χ3v) is 3.84. The van der Waals surface area contributed by atoms with E-state index in [1.54, 1.807) is 7.11 Å². The molecule has 0 saturated heterocycles. The van der Waals surface area contributed by atoms with Crippen molar-refractivity contribution in [2.75, 3.05) is 13.7 Å². The maximum Gasteiger partial charge on any atom is 0.229 e. The van der Waals surface area contributed by atoms with Gasteiger partial charge in [-0.05, 0) is 30.5 Å². The molecule has 0 aliphatic rings. The number of methoxy groups -OCH3 is 1. The highest BCUT2D eigenvalue weighted by molar-refractivity contribution is 5.96. The first-order valence-electron chi connectivity index (χ1n) is 8.29. The third-order valence-electron chi connectivity index (χ3n) is 3.84. The topological polar surface area (TPSA) is 67.4 Å². The summed E-state index contributed by atoms with van der Waals surface area (Å²) in [4.78, 5) is 23.7. The second-order valence-corrected chi connectivity index (χ2v) is 5.85. The smallest absolute Gasteiger partial charge is 0.229 e. The van der Waals surface area contributed by atoms with E-state index in [1.807, 2.05) is 55.5 Å². The van der Waals surface area contributed by atoms with Gasteiger partial charge in [-0.25, -0.2) is 0 Å². The molecule has 2 amide bonds. The SMILES string of the molecule is COc1ccccc1CCNC(=O)CC(=O)NCc1ccc(C)cc1. The van der Waals surface area contributed by atoms with Gasteiger partial charge in [-0.2, -0.15) is 0 Å². The van der Waals surface area contributed by atoms with Crippen molar-refractivity contribution in [3.8, 4) is 5.75 Å². The molecular weight excluding hydrogens is 316 g/mol. The van der Waals surface area contributed by atoms with Crippen LogP contribution in [0.3, 0.4) is 0 Å². The van der Waals surface area contributed by atoms with Gasteiger partial charge in [0.05, 0.1) is 7.11 Å². The number of hydrogen-bond acceptors (Lipinski definition) is 3. The van der Waals surface area contributed by atoms with Crippen LogP contribution in [0, 0.1) is 6.92 Å². The van der Waals surface area contributed by atoms with E-state index in [0.717, 1.165) is 16.9 Å². The van der Waals surface area contributed by atoms with Crippen molar-refractivity contribution in [3.05, 3.63) is 65.2 Å². The van der Waals surface area contributed by atoms with E-state index in [2.05, 4.69) is 10.6 Å². The maximum absolute atomic E-state index is 11.9. The molecule has 0 saturated carbocycles. The largest absolute Gasteiger partial charge is 0.496 e. The molecule has 0 bridgehead atoms. The normalized spacial score (nSPS) is 10.2. The van der Waals surface area contributed by atoms with Crippen LogP contribution in [0.5, 0.6) is 5.75 Å². The van der Waals surface area contributed by atoms with E-state index in [1.165, 1.54) is 5.56 Å². The van der Waals surface area contributed by atoms with Crippen molar-refractivity contribution in [3.63, 3.8) is 0 Å². The van der Waals surface area contributed by atoms with E-state index < -0.39 is 0 Å². The second kappa shape index (κ2) is 9.47. The number of hydrogen-bond donors (Lipinski definition) is 2. The fourth-order valence-corrected chi connectivity index (χ4v) is 2.42. The lowest BCUT2D eigenvalue weighted by atomic mass is 10.1. The average Bonchev–Trinajstić information content (AvgIpc) is 2.61. The summed E-state index contributed by atoms with van der Waals surface area (Å²) in [6, 6.07) is 15.6. The standard InChI is InChI=1S/C20H24N2O3/c1-15-7-9-16(10-8-15)14-22-20(24)13-19(23)21-12-11-17-5-3-4-6-18(17)25-2/h3-10H,11-14H2,1-2H3,(H,21,23)(H,22,24). The van der Waals surface area contributed by atoms with Crippen LogP contribution in [0.2, 0.25) is 0 Å². The first kappa shape index (κ1) is 18.5. The second-order valence-electron chi connectivity index (χ2n) is 5.85. The Morgan fingerprint density at radius 2 is 1.64 bits per heavy atom. The van der Waals surface area contributed by atoms with Crippen LogP contribution in [0.4, 0.5) is 0 Å². The molecule has 2 aromatic rings. The highest BCUT2D eigenvalue weighted by atomic mass is 16.5. The fourth-order valence-electron chi connectivity index (χ4n) is 2.42. The number of para-hydroxylation sites is 1. The fraction of sp³-hybridized carbons (Fsp3) is 0.300. The Hall–Kier alpha value is -2.82. The Labute approximate surface area is 148 Å². The minimum absolute atomic E-state index is 0.169. The van der Waals surface area contributed by atoms with Crippen molar-refractivity contribution < 1.29 is 14.3 Å². The maximum atomic E-state index is 11.9. The summed E-state index contributed by atoms with van der Waals surface area (Å²) in [7, 11) is 1.62. The molecule has 0 heterocycles. The van der Waals surface area contributed by atoms with Gasteiger partial charge in [-0.15, -0.1) is 0 Å². The lowest BCUT2D eigenvalue weighted by Gasteiger charge is -2.09. The quantitative estimate of drug-likeness (QED) is 0.725. The number of carbonyl (C=O) groups excluding carboxylic acids is 2. The summed E-state index contributed by atoms with van der Waals surface area (Å²) in [6.45, 7) is 2.90. The van der Waals surface area contributed by atoms with Crippen molar-refractivity contribution in [1.29, 1.82) is 0 Å². The van der Waals surface area contributed by atoms with Gasteiger partial charge >= 0.3 is 0 Å². The zero-order chi connectivity index (χ0) is 18.1. The summed E-state index contributed by atoms with van der Waals surface area (Å²) in [6.07, 6.45) is 0.485. The van der Waals surface area contributed by atoms with Crippen LogP contribution in [0.1, 0.15) is 23.1 Å². The summed E-state index contributed by atoms with van der Waals surface area (Å²) < 4.78 is 5.27. The number of nitrogens with one attached hydrogen (secondary N) is 2. The van der Waals surface area contributed by atoms with E-state index in [-0.39, 0.29) is 18.2 Å². The van der Waals surface area contributed by atoms with Crippen molar-refractivity contribution >= 4 is 11.8 Å². The van der Waals surface area contributed by atoms with Crippen LogP contribution >= 0.6 is 0 Å². The molecule has 0 spiro atoms. The lowest BCUT2D eigenvalue weighted by molar-refractivity contribution is -0.129. The minimum Gasteiger partial charge on any atom is -0.496 e. The van der Waals surface area contributed by atoms with Crippen molar-refractivity contribution in [1.82, 2.24) is 10.6 Å². The monoisotopic (exact) mass is 340 g/mol. The van der Waals surface area contributed by atoms with Gasteiger partial charge in [0.1, 0.15) is 12.2 Å². The van der Waals surface area contributed by atoms with E-state index in [9.17, 15) is 9.59 Å². The molecule has 5 nitrogen and oxygen atoms in total. The summed E-state index contributed by atoms with van der Waals surface area (Å²) in [5, 5.41) is 5.52. The third kappa shape index (κ3) is 6.30. The number of benzene rings is 2. The molecule has 0 fully saturated rings. The van der Waals surface area contributed by atoms with Gasteiger partial charge < -0.3 is 15.4 Å². The Kier molecular flexibility index (Phi) is 7.01. The van der Waals surface area contributed by atoms with Gasteiger partial charge in [0.15, 0.2) is 0 Å². The average molecular weight is 340 g/mol. The number of carbonyl (C=O) groups is 2. The van der Waals surface area contributed by atoms with Gasteiger partial charge in [-0.3, -0.25) is 9.59 Å². The van der Waals surface area contributed by atoms with E-state index in [4.69, 9.17) is 4.74 Å². The molecule has 0 unspecified atom stereocenters. The van der Waals surface area contributed by atoms with Crippen molar-refractivity contribution in [2.45, 2.75) is 26.3 Å². The zero-order valence-electron chi connectivity index (χ0n) is 14.7. The molecule has 0 atom stereocenters. The molecular formula is C20H24N2O3. The first-order valence-corrected chi connectivity index (χ1v) is 8.29. The number of ether oxygens (including phenoxy) is 1. The number of rotatable bonds is 8. The highest BCUT2D eigenvalue weighted by Crippen LogP contribution is 2.17. The predicted molar refractivity (Wildman–Crippen MR) is 97.4 cm³/mol. The van der Waals surface area contributed by atoms with Crippen LogP contribution in [-0.4, -0.2) is 25.5 Å². The van der Waals surface area contributed by atoms with E-state index in [0.29, 0.717) is 19.5 Å². The number of amides is 2. The molecule has 25 heavy (non-hydrogen) atoms. The molecule has 2 N–H and O–H groups in total. The van der Waals surface area contributed by atoms with Crippen LogP contribution in [0.15, 0.2) is 48.5 Å². The van der Waals surface area contributed by atoms with Gasteiger partial charge in [0.2, 0.25) is 11.8 Å². The van der Waals surface area contributed by atoms with Crippen LogP contribution in [-0.2, 0) is 22.6 Å². The number of aryl methyl sites for hydroxylation is 1. The molecule has 0 aliphatic carbocycles. The Balaban J connectivity index is 1.69. The predicted octanol–water partition coefficient (Wildman–Crippen LogP) is 2.37. The van der Waals surface area contributed by atoms with Gasteiger partial charge in [-0.1, -0.05) is 48.0 Å². The van der Waals surface area contributed by atoms with Crippen molar-refractivity contribution in [2.24, 2.45) is 0 Å². The molecule has 0 radical (unpaired) electrons. The van der Waals surface area contributed by atoms with Gasteiger partial charge in [0.25, 0.3) is 0 Å². The summed E-state index contributed by atoms with van der Waals surface area (Å²) in [5.74, 6) is 0.235. The zero-order valence-corrected chi connectivity index (χ0v) is 14.7. The van der Waals surface area contributed by atoms with Gasteiger partial charge in [0, 0.05) is 13.1 Å². The Morgan fingerprint density at radius 3 is 2.36 bits per heavy atom. The first-order chi connectivity index (χ1) is 12.1. The Bertz CT molecular complexity index is 711. The minimum atomic E-state index is -0.282. The lowest BCUT2D eigenvalue weighted by Crippen LogP contribution is -2.32. The van der Waals surface area contributed by atoms with Crippen LogP contribution in [0.25, 0.3) is 0 Å². The van der Waals surface area contributed by atoms with Crippen LogP contribution < -0.4 is 15.4 Å². The molecule has 2 aromatic carbocycles. The highest BCUT2D eigenvalue weighted by Gasteiger charge is 2.09. The Morgan fingerprint density at radius 1 is 0.960 bits per heavy atom. The summed E-state index contributed by atoms with van der Waals surface area (Å²) in [5.41, 5.74) is 3.20. The molecule has 2 rings (SSSR count). The van der Waals surface area contributed by atoms with E-state index >= 15 is 0 Å². The molecule has 0 aromatic heterocycles. The molecule has 132 valence electrons. The molecule has 5 heteroatoms.